The third-order valence-corrected chi connectivity index (χ3v) is 9.68. The molecule has 1 N–H and O–H groups in total. The van der Waals surface area contributed by atoms with Gasteiger partial charge in [-0.3, -0.25) is 4.99 Å². The maximum absolute atomic E-state index is 4.87. The monoisotopic (exact) mass is 650 g/mol. The molecule has 0 aliphatic heterocycles. The molecule has 0 aromatic heterocycles. The number of hydrogen-bond acceptors (Lipinski definition) is 2. The molecular formula is C49H34N2. The van der Waals surface area contributed by atoms with Gasteiger partial charge in [-0.05, 0) is 108 Å². The Morgan fingerprint density at radius 1 is 0.373 bits per heavy atom. The molecule has 0 atom stereocenters. The van der Waals surface area contributed by atoms with Crippen LogP contribution in [0.1, 0.15) is 5.56 Å². The Hall–Kier alpha value is -6.77. The Labute approximate surface area is 298 Å². The molecule has 51 heavy (non-hydrogen) atoms. The van der Waals surface area contributed by atoms with Gasteiger partial charge in [0.05, 0.1) is 11.4 Å². The van der Waals surface area contributed by atoms with Gasteiger partial charge in [-0.15, -0.1) is 0 Å². The van der Waals surface area contributed by atoms with Gasteiger partial charge in [0, 0.05) is 11.9 Å². The molecule has 9 aromatic rings. The molecule has 0 heterocycles. The van der Waals surface area contributed by atoms with Crippen molar-refractivity contribution in [2.75, 3.05) is 5.32 Å². The summed E-state index contributed by atoms with van der Waals surface area (Å²) in [5, 5.41) is 11.1. The topological polar surface area (TPSA) is 24.4 Å². The quantitative estimate of drug-likeness (QED) is 0.135. The number of nitrogens with zero attached hydrogens (tertiary/aromatic N) is 1. The molecule has 0 unspecified atom stereocenters. The van der Waals surface area contributed by atoms with Crippen LogP contribution in [-0.2, 0) is 0 Å². The lowest BCUT2D eigenvalue weighted by Gasteiger charge is -2.18. The zero-order valence-electron chi connectivity index (χ0n) is 28.0. The van der Waals surface area contributed by atoms with Crippen molar-refractivity contribution in [3.63, 3.8) is 0 Å². The average Bonchev–Trinajstić information content (AvgIpc) is 3.20. The number of anilines is 2. The predicted octanol–water partition coefficient (Wildman–Crippen LogP) is 13.6. The van der Waals surface area contributed by atoms with E-state index in [1.807, 2.05) is 24.4 Å². The number of nitrogens with one attached hydrogen (secondary N) is 1. The zero-order chi connectivity index (χ0) is 34.0. The molecule has 0 saturated heterocycles. The molecule has 2 nitrogen and oxygen atoms in total. The third kappa shape index (κ3) is 5.94. The minimum Gasteiger partial charge on any atom is -0.354 e. The van der Waals surface area contributed by atoms with Crippen molar-refractivity contribution < 1.29 is 0 Å². The molecule has 0 spiro atoms. The van der Waals surface area contributed by atoms with E-state index in [4.69, 9.17) is 4.99 Å². The molecule has 9 aromatic carbocycles. The second kappa shape index (κ2) is 13.3. The maximum atomic E-state index is 4.87. The first-order chi connectivity index (χ1) is 25.3. The van der Waals surface area contributed by atoms with Gasteiger partial charge in [0.2, 0.25) is 0 Å². The summed E-state index contributed by atoms with van der Waals surface area (Å²) in [4.78, 5) is 4.87. The Morgan fingerprint density at radius 3 is 1.67 bits per heavy atom. The molecule has 0 amide bonds. The van der Waals surface area contributed by atoms with Crippen LogP contribution < -0.4 is 5.32 Å². The van der Waals surface area contributed by atoms with Gasteiger partial charge in [0.25, 0.3) is 0 Å². The summed E-state index contributed by atoms with van der Waals surface area (Å²) in [7, 11) is 0. The fraction of sp³-hybridized carbons (Fsp3) is 0. The minimum atomic E-state index is 0.888. The van der Waals surface area contributed by atoms with Crippen LogP contribution in [0.5, 0.6) is 0 Å². The predicted molar refractivity (Wildman–Crippen MR) is 219 cm³/mol. The fourth-order valence-electron chi connectivity index (χ4n) is 7.22. The molecule has 0 aliphatic carbocycles. The van der Waals surface area contributed by atoms with Crippen LogP contribution in [0, 0.1) is 0 Å². The van der Waals surface area contributed by atoms with Gasteiger partial charge in [0.1, 0.15) is 0 Å². The van der Waals surface area contributed by atoms with Crippen LogP contribution in [0.2, 0.25) is 0 Å². The van der Waals surface area contributed by atoms with Crippen molar-refractivity contribution >= 4 is 55.6 Å². The normalized spacial score (nSPS) is 11.5. The molecule has 0 aliphatic rings. The van der Waals surface area contributed by atoms with Crippen LogP contribution in [0.4, 0.5) is 17.1 Å². The number of hydrogen-bond donors (Lipinski definition) is 1. The van der Waals surface area contributed by atoms with Crippen LogP contribution in [0.15, 0.2) is 199 Å². The fourth-order valence-corrected chi connectivity index (χ4v) is 7.22. The lowest BCUT2D eigenvalue weighted by atomic mass is 9.85. The summed E-state index contributed by atoms with van der Waals surface area (Å²) in [6.45, 7) is 0. The second-order valence-electron chi connectivity index (χ2n) is 12.9. The molecule has 0 saturated carbocycles. The summed E-state index contributed by atoms with van der Waals surface area (Å²) in [5.41, 5.74) is 11.3. The van der Waals surface area contributed by atoms with Crippen molar-refractivity contribution in [1.29, 1.82) is 0 Å². The summed E-state index contributed by atoms with van der Waals surface area (Å²) >= 11 is 0. The Balaban J connectivity index is 1.08. The highest BCUT2D eigenvalue weighted by Gasteiger charge is 2.17. The van der Waals surface area contributed by atoms with E-state index in [0.29, 0.717) is 0 Å². The smallest absolute Gasteiger partial charge is 0.0864 e. The number of fused-ring (bicyclic) bond motifs is 3. The van der Waals surface area contributed by atoms with Crippen LogP contribution in [-0.4, -0.2) is 6.21 Å². The van der Waals surface area contributed by atoms with Gasteiger partial charge in [-0.1, -0.05) is 158 Å². The molecule has 0 fully saturated rings. The summed E-state index contributed by atoms with van der Waals surface area (Å²) < 4.78 is 0. The SMILES string of the molecule is C(=Nc1ccccc1Nc1ccc(-c2ccc3c(-c4ccccc4)c4ccccc4c(-c4ccccc4)c3c2)cc1)c1ccc2ccccc2c1. The van der Waals surface area contributed by atoms with E-state index in [9.17, 15) is 0 Å². The van der Waals surface area contributed by atoms with E-state index in [0.717, 1.165) is 22.6 Å². The van der Waals surface area contributed by atoms with Crippen molar-refractivity contribution in [2.24, 2.45) is 4.99 Å². The van der Waals surface area contributed by atoms with Crippen LogP contribution in [0.3, 0.4) is 0 Å². The van der Waals surface area contributed by atoms with E-state index >= 15 is 0 Å². The molecule has 0 radical (unpaired) electrons. The van der Waals surface area contributed by atoms with Crippen LogP contribution >= 0.6 is 0 Å². The largest absolute Gasteiger partial charge is 0.354 e. The van der Waals surface area contributed by atoms with E-state index in [-0.39, 0.29) is 0 Å². The number of rotatable bonds is 7. The van der Waals surface area contributed by atoms with Crippen molar-refractivity contribution in [1.82, 2.24) is 0 Å². The molecule has 0 bridgehead atoms. The highest BCUT2D eigenvalue weighted by Crippen LogP contribution is 2.44. The maximum Gasteiger partial charge on any atom is 0.0864 e. The van der Waals surface area contributed by atoms with E-state index in [1.165, 1.54) is 65.7 Å². The van der Waals surface area contributed by atoms with Crippen molar-refractivity contribution in [3.05, 3.63) is 200 Å². The standard InChI is InChI=1S/C49H34N2/c1-3-14-37(15-4-1)48-42-19-9-10-20-43(42)49(38-16-5-2-6-17-38)45-32-40(27-30-44(45)48)36-25-28-41(29-26-36)51-47-22-12-11-21-46(47)50-33-34-23-24-35-13-7-8-18-39(35)31-34/h1-33,51H. The van der Waals surface area contributed by atoms with E-state index < -0.39 is 0 Å². The highest BCUT2D eigenvalue weighted by molar-refractivity contribution is 6.22. The van der Waals surface area contributed by atoms with Gasteiger partial charge >= 0.3 is 0 Å². The Kier molecular flexibility index (Phi) is 7.88. The first-order valence-corrected chi connectivity index (χ1v) is 17.4. The Morgan fingerprint density at radius 2 is 0.941 bits per heavy atom. The lowest BCUT2D eigenvalue weighted by molar-refractivity contribution is 1.48. The Bertz CT molecular complexity index is 2690. The second-order valence-corrected chi connectivity index (χ2v) is 12.9. The van der Waals surface area contributed by atoms with Gasteiger partial charge in [0.15, 0.2) is 0 Å². The third-order valence-electron chi connectivity index (χ3n) is 9.68. The first-order valence-electron chi connectivity index (χ1n) is 17.4. The minimum absolute atomic E-state index is 0.888. The van der Waals surface area contributed by atoms with Gasteiger partial charge in [-0.2, -0.15) is 0 Å². The van der Waals surface area contributed by atoms with Gasteiger partial charge in [-0.25, -0.2) is 0 Å². The number of benzene rings is 9. The summed E-state index contributed by atoms with van der Waals surface area (Å²) in [5.74, 6) is 0. The number of aliphatic imine (C=N–C) groups is 1. The molecule has 2 heteroatoms. The van der Waals surface area contributed by atoms with Crippen molar-refractivity contribution in [3.8, 4) is 33.4 Å². The molecule has 9 rings (SSSR count). The lowest BCUT2D eigenvalue weighted by Crippen LogP contribution is -1.92. The van der Waals surface area contributed by atoms with Crippen LogP contribution in [0.25, 0.3) is 65.7 Å². The van der Waals surface area contributed by atoms with Crippen molar-refractivity contribution in [2.45, 2.75) is 0 Å². The number of para-hydroxylation sites is 2. The molecule has 240 valence electrons. The summed E-state index contributed by atoms with van der Waals surface area (Å²) in [6, 6.07) is 69.0. The average molecular weight is 651 g/mol. The first kappa shape index (κ1) is 30.3. The molecular weight excluding hydrogens is 617 g/mol. The zero-order valence-corrected chi connectivity index (χ0v) is 28.0. The van der Waals surface area contributed by atoms with Gasteiger partial charge < -0.3 is 5.32 Å². The van der Waals surface area contributed by atoms with E-state index in [2.05, 4.69) is 181 Å². The highest BCUT2D eigenvalue weighted by atomic mass is 14.9. The van der Waals surface area contributed by atoms with E-state index in [1.54, 1.807) is 0 Å². The summed E-state index contributed by atoms with van der Waals surface area (Å²) in [6.07, 6.45) is 1.94.